The van der Waals surface area contributed by atoms with Crippen LogP contribution in [0.25, 0.3) is 0 Å². The van der Waals surface area contributed by atoms with Crippen molar-refractivity contribution in [2.45, 2.75) is 105 Å². The number of rotatable bonds is 4. The molecule has 4 aliphatic rings. The van der Waals surface area contributed by atoms with Crippen LogP contribution in [0.3, 0.4) is 0 Å². The lowest BCUT2D eigenvalue weighted by atomic mass is 9.44. The molecule has 1 nitrogen and oxygen atoms in total. The van der Waals surface area contributed by atoms with Crippen LogP contribution in [0, 0.1) is 52.3 Å². The van der Waals surface area contributed by atoms with Crippen molar-refractivity contribution in [1.82, 2.24) is 0 Å². The number of allylic oxidation sites excluding steroid dienone is 1. The van der Waals surface area contributed by atoms with Crippen molar-refractivity contribution in [3.63, 3.8) is 0 Å². The lowest BCUT2D eigenvalue weighted by Crippen LogP contribution is -2.53. The van der Waals surface area contributed by atoms with Crippen molar-refractivity contribution >= 4 is 0 Å². The Morgan fingerprint density at radius 3 is 2.29 bits per heavy atom. The molecule has 160 valence electrons. The van der Waals surface area contributed by atoms with E-state index in [0.717, 1.165) is 23.7 Å². The zero-order valence-electron chi connectivity index (χ0n) is 19.3. The predicted molar refractivity (Wildman–Crippen MR) is 119 cm³/mol. The Morgan fingerprint density at radius 1 is 0.786 bits per heavy atom. The minimum atomic E-state index is -0.271. The maximum Gasteiger partial charge on any atom is 0.0749 e. The van der Waals surface area contributed by atoms with Gasteiger partial charge in [-0.15, -0.1) is 0 Å². The smallest absolute Gasteiger partial charge is 0.0749 e. The average Bonchev–Trinajstić information content (AvgIpc) is 3.02. The Hall–Kier alpha value is -0.300. The summed E-state index contributed by atoms with van der Waals surface area (Å²) in [6.45, 7) is 12.0. The molecule has 9 atom stereocenters. The maximum atomic E-state index is 10.9. The summed E-state index contributed by atoms with van der Waals surface area (Å²) >= 11 is 0. The molecule has 4 fully saturated rings. The summed E-state index contributed by atoms with van der Waals surface area (Å²) in [6.07, 6.45) is 18.6. The van der Waals surface area contributed by atoms with Gasteiger partial charge in [0.05, 0.1) is 6.10 Å². The molecule has 0 amide bonds. The Balaban J connectivity index is 1.52. The fraction of sp³-hybridized carbons (Fsp3) is 0.926. The molecule has 0 aromatic rings. The number of aliphatic hydroxyl groups excluding tert-OH is 1. The van der Waals surface area contributed by atoms with Crippen LogP contribution in [0.15, 0.2) is 12.2 Å². The van der Waals surface area contributed by atoms with Crippen LogP contribution in [0.2, 0.25) is 0 Å². The number of hydrogen-bond donors (Lipinski definition) is 1. The zero-order chi connectivity index (χ0) is 20.1. The Kier molecular flexibility index (Phi) is 5.80. The molecule has 0 bridgehead atoms. The highest BCUT2D eigenvalue weighted by Crippen LogP contribution is 2.68. The van der Waals surface area contributed by atoms with Gasteiger partial charge in [0.2, 0.25) is 0 Å². The average molecular weight is 387 g/mol. The van der Waals surface area contributed by atoms with E-state index in [1.54, 1.807) is 0 Å². The SMILES string of the molecule is CC(C)C=CC(O)[C@@H](C)[C@H]1CC[C@H]2[C@@H]3CCC4CCCC[C@]4(C)[C@H]3CC[C@]12C. The summed E-state index contributed by atoms with van der Waals surface area (Å²) in [7, 11) is 0. The van der Waals surface area contributed by atoms with Crippen LogP contribution in [-0.2, 0) is 0 Å². The molecule has 4 rings (SSSR count). The van der Waals surface area contributed by atoms with Crippen molar-refractivity contribution in [1.29, 1.82) is 0 Å². The standard InChI is InChI=1S/C27H46O/c1-18(2)9-14-25(28)19(3)22-12-13-23-21-11-10-20-8-6-7-16-26(20,4)24(21)15-17-27(22,23)5/h9,14,18-25,28H,6-8,10-13,15-17H2,1-5H3/t19-,20?,21-,22+,23-,24-,25?,26-,27+/m0/s1. The van der Waals surface area contributed by atoms with Crippen LogP contribution >= 0.6 is 0 Å². The van der Waals surface area contributed by atoms with Crippen LogP contribution in [-0.4, -0.2) is 11.2 Å². The first-order valence-electron chi connectivity index (χ1n) is 12.6. The summed E-state index contributed by atoms with van der Waals surface area (Å²) in [4.78, 5) is 0. The summed E-state index contributed by atoms with van der Waals surface area (Å²) in [6, 6.07) is 0. The molecule has 0 aromatic carbocycles. The fourth-order valence-corrected chi connectivity index (χ4v) is 8.95. The van der Waals surface area contributed by atoms with E-state index in [9.17, 15) is 5.11 Å². The highest BCUT2D eigenvalue weighted by Gasteiger charge is 2.60. The molecular formula is C27H46O. The van der Waals surface area contributed by atoms with E-state index in [2.05, 4.69) is 46.8 Å². The van der Waals surface area contributed by atoms with Gasteiger partial charge < -0.3 is 5.11 Å². The molecule has 0 aliphatic heterocycles. The van der Waals surface area contributed by atoms with Gasteiger partial charge in [0.25, 0.3) is 0 Å². The van der Waals surface area contributed by atoms with Crippen molar-refractivity contribution in [2.75, 3.05) is 0 Å². The third-order valence-electron chi connectivity index (χ3n) is 10.5. The second-order valence-corrected chi connectivity index (χ2v) is 12.1. The number of hydrogen-bond acceptors (Lipinski definition) is 1. The van der Waals surface area contributed by atoms with E-state index in [0.29, 0.717) is 28.6 Å². The van der Waals surface area contributed by atoms with Crippen molar-refractivity contribution in [3.05, 3.63) is 12.2 Å². The summed E-state index contributed by atoms with van der Waals surface area (Å²) in [5, 5.41) is 10.9. The molecule has 0 saturated heterocycles. The van der Waals surface area contributed by atoms with Crippen molar-refractivity contribution in [2.24, 2.45) is 52.3 Å². The van der Waals surface area contributed by atoms with E-state index < -0.39 is 0 Å². The first-order chi connectivity index (χ1) is 13.3. The van der Waals surface area contributed by atoms with Gasteiger partial charge in [-0.05, 0) is 104 Å². The van der Waals surface area contributed by atoms with Gasteiger partial charge in [0, 0.05) is 0 Å². The lowest BCUT2D eigenvalue weighted by molar-refractivity contribution is -0.116. The number of fused-ring (bicyclic) bond motifs is 5. The molecule has 1 heteroatoms. The zero-order valence-corrected chi connectivity index (χ0v) is 19.3. The molecule has 4 saturated carbocycles. The maximum absolute atomic E-state index is 10.9. The van der Waals surface area contributed by atoms with Gasteiger partial charge in [-0.2, -0.15) is 0 Å². The van der Waals surface area contributed by atoms with Crippen LogP contribution < -0.4 is 0 Å². The molecule has 2 unspecified atom stereocenters. The molecule has 4 aliphatic carbocycles. The van der Waals surface area contributed by atoms with Crippen LogP contribution in [0.1, 0.15) is 98.8 Å². The van der Waals surface area contributed by atoms with Gasteiger partial charge in [-0.3, -0.25) is 0 Å². The van der Waals surface area contributed by atoms with Crippen molar-refractivity contribution < 1.29 is 5.11 Å². The number of aliphatic hydroxyl groups is 1. The van der Waals surface area contributed by atoms with E-state index in [1.807, 2.05) is 0 Å². The monoisotopic (exact) mass is 386 g/mol. The second kappa shape index (κ2) is 7.75. The Morgan fingerprint density at radius 2 is 1.54 bits per heavy atom. The van der Waals surface area contributed by atoms with Gasteiger partial charge in [0.15, 0.2) is 0 Å². The van der Waals surface area contributed by atoms with E-state index >= 15 is 0 Å². The molecular weight excluding hydrogens is 340 g/mol. The quantitative estimate of drug-likeness (QED) is 0.505. The predicted octanol–water partition coefficient (Wildman–Crippen LogP) is 7.24. The summed E-state index contributed by atoms with van der Waals surface area (Å²) in [5.74, 6) is 5.51. The first-order valence-corrected chi connectivity index (χ1v) is 12.6. The van der Waals surface area contributed by atoms with E-state index in [-0.39, 0.29) is 6.10 Å². The van der Waals surface area contributed by atoms with Gasteiger partial charge in [-0.1, -0.05) is 59.6 Å². The molecule has 1 N–H and O–H groups in total. The van der Waals surface area contributed by atoms with E-state index in [1.165, 1.54) is 64.2 Å². The third kappa shape index (κ3) is 3.32. The second-order valence-electron chi connectivity index (χ2n) is 12.1. The molecule has 0 heterocycles. The minimum absolute atomic E-state index is 0.271. The van der Waals surface area contributed by atoms with Crippen LogP contribution in [0.4, 0.5) is 0 Å². The third-order valence-corrected chi connectivity index (χ3v) is 10.5. The normalized spacial score (nSPS) is 48.2. The van der Waals surface area contributed by atoms with E-state index in [4.69, 9.17) is 0 Å². The minimum Gasteiger partial charge on any atom is -0.389 e. The van der Waals surface area contributed by atoms with Crippen molar-refractivity contribution in [3.8, 4) is 0 Å². The first kappa shape index (κ1) is 21.0. The largest absolute Gasteiger partial charge is 0.389 e. The van der Waals surface area contributed by atoms with Gasteiger partial charge in [0.1, 0.15) is 0 Å². The van der Waals surface area contributed by atoms with Gasteiger partial charge >= 0.3 is 0 Å². The summed E-state index contributed by atoms with van der Waals surface area (Å²) < 4.78 is 0. The summed E-state index contributed by atoms with van der Waals surface area (Å²) in [5.41, 5.74) is 1.11. The van der Waals surface area contributed by atoms with Gasteiger partial charge in [-0.25, -0.2) is 0 Å². The molecule has 0 radical (unpaired) electrons. The lowest BCUT2D eigenvalue weighted by Gasteiger charge is -2.61. The molecule has 0 aromatic heterocycles. The Bertz CT molecular complexity index is 579. The fourth-order valence-electron chi connectivity index (χ4n) is 8.95. The molecule has 28 heavy (non-hydrogen) atoms. The topological polar surface area (TPSA) is 20.2 Å². The Labute approximate surface area is 174 Å². The molecule has 0 spiro atoms. The van der Waals surface area contributed by atoms with Crippen LogP contribution in [0.5, 0.6) is 0 Å². The highest BCUT2D eigenvalue weighted by molar-refractivity contribution is 5.10. The highest BCUT2D eigenvalue weighted by atomic mass is 16.3.